The summed E-state index contributed by atoms with van der Waals surface area (Å²) in [4.78, 5) is 29.6. The van der Waals surface area contributed by atoms with E-state index in [0.717, 1.165) is 86.5 Å². The van der Waals surface area contributed by atoms with Gasteiger partial charge >= 0.3 is 0 Å². The van der Waals surface area contributed by atoms with Crippen molar-refractivity contribution in [2.45, 2.75) is 79.6 Å². The van der Waals surface area contributed by atoms with Crippen molar-refractivity contribution in [1.82, 2.24) is 24.3 Å². The number of aromatic nitrogens is 4. The first-order valence-corrected chi connectivity index (χ1v) is 15.7. The molecule has 1 fully saturated rings. The van der Waals surface area contributed by atoms with Crippen molar-refractivity contribution in [2.24, 2.45) is 11.3 Å². The van der Waals surface area contributed by atoms with E-state index < -0.39 is 0 Å². The summed E-state index contributed by atoms with van der Waals surface area (Å²) in [6.07, 6.45) is 10.8. The first-order chi connectivity index (χ1) is 20.2. The maximum Gasteiger partial charge on any atom is 0.223 e. The van der Waals surface area contributed by atoms with Crippen LogP contribution in [0, 0.1) is 11.3 Å². The number of pyridine rings is 1. The molecule has 1 N–H and O–H groups in total. The number of carbonyl (C=O) groups excluding carboxylic acids is 1. The van der Waals surface area contributed by atoms with Gasteiger partial charge in [0.15, 0.2) is 0 Å². The van der Waals surface area contributed by atoms with E-state index >= 15 is 0 Å². The lowest BCUT2D eigenvalue weighted by molar-refractivity contribution is -0.131. The third kappa shape index (κ3) is 7.18. The number of hydrogen-bond acceptors (Lipinski definition) is 5. The summed E-state index contributed by atoms with van der Waals surface area (Å²) in [6, 6.07) is 15.0. The number of amides is 1. The maximum absolute atomic E-state index is 13.0. The molecule has 1 atom stereocenters. The molecule has 0 spiro atoms. The molecule has 3 aromatic heterocycles. The average molecular weight is 567 g/mol. The van der Waals surface area contributed by atoms with Crippen LogP contribution in [0.5, 0.6) is 0 Å². The fourth-order valence-corrected chi connectivity index (χ4v) is 5.84. The number of carbonyl (C=O) groups is 1. The molecule has 1 aliphatic rings. The largest absolute Gasteiger partial charge is 0.354 e. The number of rotatable bonds is 11. The number of benzene rings is 1. The lowest BCUT2D eigenvalue weighted by Crippen LogP contribution is -2.29. The molecule has 5 rings (SSSR count). The molecule has 7 nitrogen and oxygen atoms in total. The summed E-state index contributed by atoms with van der Waals surface area (Å²) in [7, 11) is 0. The van der Waals surface area contributed by atoms with Crippen LogP contribution < -0.4 is 5.32 Å². The highest BCUT2D eigenvalue weighted by atomic mass is 16.2. The Kier molecular flexibility index (Phi) is 9.24. The Morgan fingerprint density at radius 3 is 2.45 bits per heavy atom. The molecule has 4 aromatic rings. The van der Waals surface area contributed by atoms with Gasteiger partial charge in [-0.05, 0) is 72.8 Å². The van der Waals surface area contributed by atoms with Gasteiger partial charge in [0, 0.05) is 44.0 Å². The molecule has 222 valence electrons. The molecule has 7 heteroatoms. The molecule has 42 heavy (non-hydrogen) atoms. The van der Waals surface area contributed by atoms with Crippen LogP contribution in [-0.4, -0.2) is 49.8 Å². The Morgan fingerprint density at radius 1 is 1.00 bits per heavy atom. The number of fused-ring (bicyclic) bond motifs is 1. The molecule has 0 bridgehead atoms. The van der Waals surface area contributed by atoms with Gasteiger partial charge in [0.05, 0.1) is 17.1 Å². The second kappa shape index (κ2) is 13.1. The van der Waals surface area contributed by atoms with Gasteiger partial charge in [0.1, 0.15) is 5.65 Å². The smallest absolute Gasteiger partial charge is 0.223 e. The highest BCUT2D eigenvalue weighted by Crippen LogP contribution is 2.33. The second-order valence-corrected chi connectivity index (χ2v) is 13.0. The van der Waals surface area contributed by atoms with Crippen molar-refractivity contribution >= 4 is 17.5 Å². The summed E-state index contributed by atoms with van der Waals surface area (Å²) in [5.74, 6) is 1.26. The average Bonchev–Trinajstić information content (AvgIpc) is 3.65. The van der Waals surface area contributed by atoms with E-state index in [9.17, 15) is 4.79 Å². The van der Waals surface area contributed by atoms with E-state index in [2.05, 4.69) is 96.8 Å². The number of aryl methyl sites for hydroxylation is 1. The molecule has 0 aliphatic carbocycles. The summed E-state index contributed by atoms with van der Waals surface area (Å²) in [6.45, 7) is 13.6. The van der Waals surface area contributed by atoms with Gasteiger partial charge in [-0.2, -0.15) is 0 Å². The van der Waals surface area contributed by atoms with Crippen molar-refractivity contribution in [3.63, 3.8) is 0 Å². The number of imidazole rings is 1. The minimum atomic E-state index is 0.111. The summed E-state index contributed by atoms with van der Waals surface area (Å²) in [5.41, 5.74) is 7.27. The highest BCUT2D eigenvalue weighted by molar-refractivity contribution is 5.81. The Balaban J connectivity index is 1.50. The summed E-state index contributed by atoms with van der Waals surface area (Å²) >= 11 is 0. The molecule has 1 aliphatic heterocycles. The quantitative estimate of drug-likeness (QED) is 0.204. The first-order valence-electron chi connectivity index (χ1n) is 15.7. The second-order valence-electron chi connectivity index (χ2n) is 13.0. The first kappa shape index (κ1) is 29.7. The maximum atomic E-state index is 13.0. The third-order valence-electron chi connectivity index (χ3n) is 8.14. The predicted octanol–water partition coefficient (Wildman–Crippen LogP) is 7.45. The molecule has 1 amide bonds. The SMILES string of the molecule is CCCC(CC(=O)N1CCCC1)Cc1ccn2c(-c3ccnc(NCC(C)(C)C)n3)c(-c3ccc(CC)cc3)nc2c1. The van der Waals surface area contributed by atoms with Crippen LogP contribution in [0.25, 0.3) is 28.3 Å². The fourth-order valence-electron chi connectivity index (χ4n) is 5.84. The summed E-state index contributed by atoms with van der Waals surface area (Å²) < 4.78 is 2.15. The van der Waals surface area contributed by atoms with Crippen LogP contribution in [-0.2, 0) is 17.6 Å². The van der Waals surface area contributed by atoms with Gasteiger partial charge in [-0.3, -0.25) is 9.20 Å². The van der Waals surface area contributed by atoms with Crippen LogP contribution in [0.15, 0.2) is 54.9 Å². The zero-order valence-corrected chi connectivity index (χ0v) is 26.0. The van der Waals surface area contributed by atoms with Gasteiger partial charge < -0.3 is 10.2 Å². The molecule has 0 saturated carbocycles. The van der Waals surface area contributed by atoms with Crippen LogP contribution in [0.3, 0.4) is 0 Å². The third-order valence-corrected chi connectivity index (χ3v) is 8.14. The van der Waals surface area contributed by atoms with Gasteiger partial charge in [-0.1, -0.05) is 65.3 Å². The topological polar surface area (TPSA) is 75.4 Å². The lowest BCUT2D eigenvalue weighted by Gasteiger charge is -2.21. The van der Waals surface area contributed by atoms with Crippen molar-refractivity contribution in [2.75, 3.05) is 25.0 Å². The Labute approximate surface area is 250 Å². The predicted molar refractivity (Wildman–Crippen MR) is 172 cm³/mol. The normalized spacial score (nSPS) is 14.5. The Hall–Kier alpha value is -3.74. The van der Waals surface area contributed by atoms with Gasteiger partial charge in [0.2, 0.25) is 11.9 Å². The van der Waals surface area contributed by atoms with E-state index in [0.29, 0.717) is 24.2 Å². The van der Waals surface area contributed by atoms with Crippen molar-refractivity contribution in [3.8, 4) is 22.6 Å². The Bertz CT molecular complexity index is 1490. The number of anilines is 1. The number of nitrogens with one attached hydrogen (secondary N) is 1. The standard InChI is InChI=1S/C35H46N6O/c1-6-10-26(23-31(42)40-18-8-9-19-40)21-27-16-20-41-30(22-27)39-32(28-13-11-25(7-2)12-14-28)33(41)29-15-17-36-34(38-29)37-24-35(3,4)5/h11-17,20,22,26H,6-10,18-19,21,23-24H2,1-5H3,(H,36,37,38). The summed E-state index contributed by atoms with van der Waals surface area (Å²) in [5, 5.41) is 3.40. The molecule has 4 heterocycles. The monoisotopic (exact) mass is 566 g/mol. The molecule has 1 saturated heterocycles. The number of hydrogen-bond donors (Lipinski definition) is 1. The Morgan fingerprint density at radius 2 is 1.76 bits per heavy atom. The van der Waals surface area contributed by atoms with E-state index in [1.54, 1.807) is 0 Å². The molecular weight excluding hydrogens is 520 g/mol. The minimum absolute atomic E-state index is 0.111. The number of nitrogens with zero attached hydrogens (tertiary/aromatic N) is 5. The van der Waals surface area contributed by atoms with E-state index in [4.69, 9.17) is 9.97 Å². The van der Waals surface area contributed by atoms with Crippen LogP contribution in [0.1, 0.15) is 77.8 Å². The van der Waals surface area contributed by atoms with Crippen molar-refractivity contribution < 1.29 is 4.79 Å². The van der Waals surface area contributed by atoms with Gasteiger partial charge in [0.25, 0.3) is 0 Å². The number of likely N-dealkylation sites (tertiary alicyclic amines) is 1. The van der Waals surface area contributed by atoms with Gasteiger partial charge in [-0.25, -0.2) is 15.0 Å². The van der Waals surface area contributed by atoms with Crippen molar-refractivity contribution in [3.05, 3.63) is 66.0 Å². The zero-order chi connectivity index (χ0) is 29.7. The zero-order valence-electron chi connectivity index (χ0n) is 26.0. The lowest BCUT2D eigenvalue weighted by atomic mass is 9.92. The van der Waals surface area contributed by atoms with E-state index in [1.807, 2.05) is 12.3 Å². The molecule has 1 aromatic carbocycles. The highest BCUT2D eigenvalue weighted by Gasteiger charge is 2.23. The van der Waals surface area contributed by atoms with Crippen LogP contribution in [0.2, 0.25) is 0 Å². The molecular formula is C35H46N6O. The van der Waals surface area contributed by atoms with E-state index in [-0.39, 0.29) is 5.41 Å². The fraction of sp³-hybridized carbons (Fsp3) is 0.486. The van der Waals surface area contributed by atoms with Crippen molar-refractivity contribution in [1.29, 1.82) is 0 Å². The van der Waals surface area contributed by atoms with E-state index in [1.165, 1.54) is 11.1 Å². The molecule has 0 radical (unpaired) electrons. The molecule has 1 unspecified atom stereocenters. The van der Waals surface area contributed by atoms with Crippen LogP contribution in [0.4, 0.5) is 5.95 Å². The minimum Gasteiger partial charge on any atom is -0.354 e. The van der Waals surface area contributed by atoms with Crippen LogP contribution >= 0.6 is 0 Å². The van der Waals surface area contributed by atoms with Gasteiger partial charge in [-0.15, -0.1) is 0 Å².